The predicted molar refractivity (Wildman–Crippen MR) is 94.8 cm³/mol. The van der Waals surface area contributed by atoms with E-state index >= 15 is 0 Å². The molecule has 0 aliphatic rings. The van der Waals surface area contributed by atoms with Gasteiger partial charge in [-0.1, -0.05) is 26.8 Å². The van der Waals surface area contributed by atoms with E-state index < -0.39 is 0 Å². The summed E-state index contributed by atoms with van der Waals surface area (Å²) in [6, 6.07) is 7.13. The van der Waals surface area contributed by atoms with E-state index in [2.05, 4.69) is 35.7 Å². The highest BCUT2D eigenvalue weighted by Crippen LogP contribution is 2.32. The predicted octanol–water partition coefficient (Wildman–Crippen LogP) is 2.72. The van der Waals surface area contributed by atoms with Gasteiger partial charge in [0.2, 0.25) is 5.88 Å². The number of pyridine rings is 1. The van der Waals surface area contributed by atoms with Crippen LogP contribution in [-0.4, -0.2) is 33.3 Å². The molecule has 6 nitrogen and oxygen atoms in total. The first-order chi connectivity index (χ1) is 11.4. The molecule has 0 radical (unpaired) electrons. The van der Waals surface area contributed by atoms with Gasteiger partial charge in [-0.15, -0.1) is 11.3 Å². The summed E-state index contributed by atoms with van der Waals surface area (Å²) in [6.45, 7) is 6.40. The first-order valence-corrected chi connectivity index (χ1v) is 8.45. The lowest BCUT2D eigenvalue weighted by molar-refractivity contribution is 0.197. The van der Waals surface area contributed by atoms with Crippen LogP contribution < -0.4 is 10.3 Å². The Morgan fingerprint density at radius 2 is 2.08 bits per heavy atom. The van der Waals surface area contributed by atoms with Crippen LogP contribution in [0.3, 0.4) is 0 Å². The largest absolute Gasteiger partial charge is 0.475 e. The van der Waals surface area contributed by atoms with Crippen molar-refractivity contribution in [1.29, 1.82) is 0 Å². The van der Waals surface area contributed by atoms with Gasteiger partial charge in [0, 0.05) is 10.9 Å². The Kier molecular flexibility index (Phi) is 4.38. The van der Waals surface area contributed by atoms with E-state index in [4.69, 9.17) is 9.84 Å². The second kappa shape index (κ2) is 6.33. The van der Waals surface area contributed by atoms with Gasteiger partial charge in [-0.25, -0.2) is 9.97 Å². The van der Waals surface area contributed by atoms with Crippen molar-refractivity contribution in [2.45, 2.75) is 26.2 Å². The van der Waals surface area contributed by atoms with Gasteiger partial charge >= 0.3 is 0 Å². The Morgan fingerprint density at radius 3 is 2.79 bits per heavy atom. The minimum absolute atomic E-state index is 0.0335. The molecule has 0 atom stereocenters. The molecule has 3 rings (SSSR count). The van der Waals surface area contributed by atoms with Crippen molar-refractivity contribution in [3.63, 3.8) is 0 Å². The highest BCUT2D eigenvalue weighted by molar-refractivity contribution is 7.18. The van der Waals surface area contributed by atoms with E-state index in [-0.39, 0.29) is 24.2 Å². The fourth-order valence-electron chi connectivity index (χ4n) is 2.20. The summed E-state index contributed by atoms with van der Waals surface area (Å²) in [5.41, 5.74) is 0.314. The summed E-state index contributed by atoms with van der Waals surface area (Å²) >= 11 is 1.52. The van der Waals surface area contributed by atoms with Gasteiger partial charge < -0.3 is 14.8 Å². The molecule has 0 aromatic carbocycles. The molecular formula is C17H19N3O3S. The van der Waals surface area contributed by atoms with Crippen LogP contribution in [0.2, 0.25) is 0 Å². The number of H-pyrrole nitrogens is 1. The Balaban J connectivity index is 2.06. The van der Waals surface area contributed by atoms with E-state index in [0.717, 1.165) is 4.88 Å². The van der Waals surface area contributed by atoms with Gasteiger partial charge in [0.15, 0.2) is 5.82 Å². The molecule has 0 aliphatic heterocycles. The van der Waals surface area contributed by atoms with E-state index in [9.17, 15) is 4.79 Å². The average Bonchev–Trinajstić information content (AvgIpc) is 2.98. The van der Waals surface area contributed by atoms with Crippen LogP contribution in [-0.2, 0) is 5.41 Å². The Bertz CT molecular complexity index is 925. The summed E-state index contributed by atoms with van der Waals surface area (Å²) in [7, 11) is 0. The first-order valence-electron chi connectivity index (χ1n) is 7.64. The molecule has 0 saturated carbocycles. The number of aromatic amines is 1. The van der Waals surface area contributed by atoms with Gasteiger partial charge in [-0.2, -0.15) is 0 Å². The molecule has 0 unspecified atom stereocenters. The van der Waals surface area contributed by atoms with Crippen LogP contribution in [0.4, 0.5) is 0 Å². The molecule has 0 spiro atoms. The van der Waals surface area contributed by atoms with Crippen LogP contribution in [0.5, 0.6) is 5.88 Å². The highest BCUT2D eigenvalue weighted by atomic mass is 32.1. The van der Waals surface area contributed by atoms with Gasteiger partial charge in [0.25, 0.3) is 5.56 Å². The molecule has 0 amide bonds. The van der Waals surface area contributed by atoms with Gasteiger partial charge in [0.05, 0.1) is 12.0 Å². The molecule has 3 aromatic heterocycles. The third-order valence-electron chi connectivity index (χ3n) is 3.45. The van der Waals surface area contributed by atoms with Crippen LogP contribution in [0.1, 0.15) is 25.6 Å². The fourth-order valence-corrected chi connectivity index (χ4v) is 3.29. The molecule has 3 aromatic rings. The molecule has 0 saturated heterocycles. The smallest absolute Gasteiger partial charge is 0.259 e. The SMILES string of the molecule is CC(C)(C)c1cc2c(=O)[nH]c(-c3cccc(OCCO)n3)nc2s1. The third-order valence-corrected chi connectivity index (χ3v) is 4.90. The summed E-state index contributed by atoms with van der Waals surface area (Å²) in [6.07, 6.45) is 0. The van der Waals surface area contributed by atoms with Gasteiger partial charge in [0.1, 0.15) is 17.1 Å². The average molecular weight is 345 g/mol. The van der Waals surface area contributed by atoms with Crippen molar-refractivity contribution >= 4 is 21.6 Å². The second-order valence-electron chi connectivity index (χ2n) is 6.43. The monoisotopic (exact) mass is 345 g/mol. The third kappa shape index (κ3) is 3.32. The zero-order valence-corrected chi connectivity index (χ0v) is 14.6. The molecular weight excluding hydrogens is 326 g/mol. The van der Waals surface area contributed by atoms with Crippen molar-refractivity contribution in [3.8, 4) is 17.4 Å². The lowest BCUT2D eigenvalue weighted by Gasteiger charge is -2.14. The molecule has 2 N–H and O–H groups in total. The number of ether oxygens (including phenoxy) is 1. The molecule has 0 fully saturated rings. The Morgan fingerprint density at radius 1 is 1.29 bits per heavy atom. The molecule has 126 valence electrons. The minimum Gasteiger partial charge on any atom is -0.475 e. The molecule has 7 heteroatoms. The lowest BCUT2D eigenvalue weighted by Crippen LogP contribution is -2.10. The summed E-state index contributed by atoms with van der Waals surface area (Å²) < 4.78 is 5.31. The zero-order chi connectivity index (χ0) is 17.3. The van der Waals surface area contributed by atoms with Crippen LogP contribution in [0.25, 0.3) is 21.7 Å². The Hall–Kier alpha value is -2.25. The number of nitrogens with zero attached hydrogens (tertiary/aromatic N) is 2. The Labute approximate surface area is 143 Å². The van der Waals surface area contributed by atoms with Crippen LogP contribution in [0.15, 0.2) is 29.1 Å². The van der Waals surface area contributed by atoms with Gasteiger partial charge in [-0.3, -0.25) is 4.79 Å². The topological polar surface area (TPSA) is 88.1 Å². The molecule has 0 bridgehead atoms. The molecule has 0 aliphatic carbocycles. The number of aliphatic hydroxyl groups is 1. The van der Waals surface area contributed by atoms with Crippen molar-refractivity contribution in [1.82, 2.24) is 15.0 Å². The van der Waals surface area contributed by atoms with Crippen LogP contribution in [0, 0.1) is 0 Å². The number of hydrogen-bond acceptors (Lipinski definition) is 6. The van der Waals surface area contributed by atoms with E-state index in [1.807, 2.05) is 6.07 Å². The number of nitrogens with one attached hydrogen (secondary N) is 1. The van der Waals surface area contributed by atoms with Gasteiger partial charge in [-0.05, 0) is 17.5 Å². The number of rotatable bonds is 4. The maximum atomic E-state index is 12.4. The summed E-state index contributed by atoms with van der Waals surface area (Å²) in [4.78, 5) is 25.9. The maximum absolute atomic E-state index is 12.4. The van der Waals surface area contributed by atoms with E-state index in [1.54, 1.807) is 18.2 Å². The number of aliphatic hydroxyl groups excluding tert-OH is 1. The first kappa shape index (κ1) is 16.6. The second-order valence-corrected chi connectivity index (χ2v) is 7.46. The van der Waals surface area contributed by atoms with E-state index in [0.29, 0.717) is 27.6 Å². The standard InChI is InChI=1S/C17H19N3O3S/c1-17(2,3)12-9-10-15(22)19-14(20-16(10)24-12)11-5-4-6-13(18-11)23-8-7-21/h4-6,9,21H,7-8H2,1-3H3,(H,19,20,22). The fraction of sp³-hybridized carbons (Fsp3) is 0.353. The normalized spacial score (nSPS) is 11.8. The van der Waals surface area contributed by atoms with Crippen molar-refractivity contribution in [3.05, 3.63) is 39.5 Å². The van der Waals surface area contributed by atoms with E-state index in [1.165, 1.54) is 11.3 Å². The lowest BCUT2D eigenvalue weighted by atomic mass is 9.94. The number of aromatic nitrogens is 3. The summed E-state index contributed by atoms with van der Waals surface area (Å²) in [5.74, 6) is 0.787. The van der Waals surface area contributed by atoms with Crippen molar-refractivity contribution in [2.75, 3.05) is 13.2 Å². The minimum atomic E-state index is -0.176. The number of hydrogen-bond donors (Lipinski definition) is 2. The molecule has 3 heterocycles. The number of thiophene rings is 1. The zero-order valence-electron chi connectivity index (χ0n) is 13.8. The maximum Gasteiger partial charge on any atom is 0.259 e. The van der Waals surface area contributed by atoms with Crippen molar-refractivity contribution in [2.24, 2.45) is 0 Å². The van der Waals surface area contributed by atoms with Crippen molar-refractivity contribution < 1.29 is 9.84 Å². The number of fused-ring (bicyclic) bond motifs is 1. The molecule has 24 heavy (non-hydrogen) atoms. The summed E-state index contributed by atoms with van der Waals surface area (Å²) in [5, 5.41) is 9.42. The quantitative estimate of drug-likeness (QED) is 0.759. The van der Waals surface area contributed by atoms with Crippen LogP contribution >= 0.6 is 11.3 Å². The highest BCUT2D eigenvalue weighted by Gasteiger charge is 2.19.